The minimum absolute atomic E-state index is 0.191. The number of aromatic nitrogens is 2. The molecule has 1 aromatic heterocycles. The average molecular weight is 374 g/mol. The number of hydrogen-bond acceptors (Lipinski definition) is 2. The Labute approximate surface area is 163 Å². The summed E-state index contributed by atoms with van der Waals surface area (Å²) in [5.41, 5.74) is 6.08. The Morgan fingerprint density at radius 2 is 1.70 bits per heavy atom. The fraction of sp³-hybridized carbons (Fsp3) is 0.174. The molecule has 0 saturated carbocycles. The molecule has 0 unspecified atom stereocenters. The molecule has 3 nitrogen and oxygen atoms in total. The molecule has 0 spiro atoms. The molecule has 4 aromatic rings. The van der Waals surface area contributed by atoms with E-state index in [2.05, 4.69) is 71.4 Å². The van der Waals surface area contributed by atoms with Gasteiger partial charge in [-0.1, -0.05) is 60.1 Å². The van der Waals surface area contributed by atoms with Crippen LogP contribution < -0.4 is 5.32 Å². The number of nitrogens with one attached hydrogen (secondary N) is 1. The Kier molecular flexibility index (Phi) is 3.91. The molecule has 1 aliphatic rings. The number of hydrogen-bond donors (Lipinski definition) is 1. The number of nitrogens with zero attached hydrogens (tertiary/aromatic N) is 2. The summed E-state index contributed by atoms with van der Waals surface area (Å²) in [5.74, 6) is 0.927. The Morgan fingerprint density at radius 3 is 2.52 bits per heavy atom. The minimum Gasteiger partial charge on any atom is -0.349 e. The molecule has 1 N–H and O–H groups in total. The normalized spacial score (nSPS) is 18.9. The molecule has 0 fully saturated rings. The number of rotatable bonds is 2. The third-order valence-electron chi connectivity index (χ3n) is 5.49. The molecule has 3 aromatic carbocycles. The highest BCUT2D eigenvalue weighted by atomic mass is 35.5. The van der Waals surface area contributed by atoms with Crippen LogP contribution >= 0.6 is 11.6 Å². The van der Waals surface area contributed by atoms with Crippen LogP contribution in [0.2, 0.25) is 5.02 Å². The second kappa shape index (κ2) is 6.43. The molecular weight excluding hydrogens is 354 g/mol. The Hall–Kier alpha value is -2.78. The van der Waals surface area contributed by atoms with Gasteiger partial charge >= 0.3 is 0 Å². The first kappa shape index (κ1) is 16.4. The van der Waals surface area contributed by atoms with E-state index in [1.807, 2.05) is 18.2 Å². The van der Waals surface area contributed by atoms with Crippen molar-refractivity contribution in [2.24, 2.45) is 0 Å². The van der Waals surface area contributed by atoms with Gasteiger partial charge in [0.25, 0.3) is 0 Å². The van der Waals surface area contributed by atoms with Crippen LogP contribution in [-0.4, -0.2) is 9.55 Å². The number of para-hydroxylation sites is 2. The summed E-state index contributed by atoms with van der Waals surface area (Å²) in [6, 6.07) is 25.6. The maximum atomic E-state index is 6.09. The Bertz CT molecular complexity index is 1110. The van der Waals surface area contributed by atoms with Crippen molar-refractivity contribution in [3.05, 3.63) is 94.5 Å². The molecule has 134 valence electrons. The van der Waals surface area contributed by atoms with Gasteiger partial charge in [-0.05, 0) is 54.3 Å². The first-order valence-corrected chi connectivity index (χ1v) is 9.63. The molecule has 0 bridgehead atoms. The number of benzene rings is 3. The molecular formula is C23H20ClN3. The average Bonchev–Trinajstić information content (AvgIpc) is 3.07. The van der Waals surface area contributed by atoms with Gasteiger partial charge in [0.1, 0.15) is 0 Å². The van der Waals surface area contributed by atoms with E-state index in [1.54, 1.807) is 0 Å². The SMILES string of the molecule is Cc1ccccc1[C@H]1C[C@@H](c2ccc(Cl)cc2)Nc2nc3ccccc3n21. The van der Waals surface area contributed by atoms with Gasteiger partial charge in [0.15, 0.2) is 0 Å². The highest BCUT2D eigenvalue weighted by Crippen LogP contribution is 2.41. The van der Waals surface area contributed by atoms with Crippen molar-refractivity contribution in [1.82, 2.24) is 9.55 Å². The summed E-state index contributed by atoms with van der Waals surface area (Å²) in [6.07, 6.45) is 0.958. The van der Waals surface area contributed by atoms with Crippen molar-refractivity contribution in [2.45, 2.75) is 25.4 Å². The lowest BCUT2D eigenvalue weighted by molar-refractivity contribution is 0.476. The van der Waals surface area contributed by atoms with Gasteiger partial charge in [-0.15, -0.1) is 0 Å². The molecule has 0 saturated heterocycles. The van der Waals surface area contributed by atoms with Gasteiger partial charge in [-0.3, -0.25) is 0 Å². The van der Waals surface area contributed by atoms with E-state index in [0.717, 1.165) is 22.9 Å². The van der Waals surface area contributed by atoms with Gasteiger partial charge in [0, 0.05) is 5.02 Å². The third kappa shape index (κ3) is 2.79. The minimum atomic E-state index is 0.191. The van der Waals surface area contributed by atoms with Crippen molar-refractivity contribution < 1.29 is 0 Å². The topological polar surface area (TPSA) is 29.9 Å². The number of imidazole rings is 1. The highest BCUT2D eigenvalue weighted by Gasteiger charge is 2.31. The lowest BCUT2D eigenvalue weighted by Crippen LogP contribution is -2.27. The zero-order valence-corrected chi connectivity index (χ0v) is 15.8. The lowest BCUT2D eigenvalue weighted by Gasteiger charge is -2.34. The van der Waals surface area contributed by atoms with Crippen LogP contribution in [0.3, 0.4) is 0 Å². The number of halogens is 1. The zero-order valence-electron chi connectivity index (χ0n) is 15.1. The van der Waals surface area contributed by atoms with Crippen LogP contribution in [0.5, 0.6) is 0 Å². The molecule has 0 aliphatic carbocycles. The maximum absolute atomic E-state index is 6.09. The second-order valence-corrected chi connectivity index (χ2v) is 7.59. The number of anilines is 1. The van der Waals surface area contributed by atoms with Crippen molar-refractivity contribution >= 4 is 28.6 Å². The predicted octanol–water partition coefficient (Wildman–Crippen LogP) is 6.14. The van der Waals surface area contributed by atoms with Crippen LogP contribution in [0.15, 0.2) is 72.8 Å². The molecule has 5 rings (SSSR count). The van der Waals surface area contributed by atoms with E-state index in [-0.39, 0.29) is 12.1 Å². The number of fused-ring (bicyclic) bond motifs is 3. The molecule has 27 heavy (non-hydrogen) atoms. The van der Waals surface area contributed by atoms with E-state index in [9.17, 15) is 0 Å². The molecule has 0 radical (unpaired) electrons. The van der Waals surface area contributed by atoms with Crippen molar-refractivity contribution in [1.29, 1.82) is 0 Å². The maximum Gasteiger partial charge on any atom is 0.204 e. The van der Waals surface area contributed by atoms with Crippen molar-refractivity contribution in [3.8, 4) is 0 Å². The first-order chi connectivity index (χ1) is 13.2. The summed E-state index contributed by atoms with van der Waals surface area (Å²) in [4.78, 5) is 4.88. The van der Waals surface area contributed by atoms with E-state index < -0.39 is 0 Å². The van der Waals surface area contributed by atoms with Crippen molar-refractivity contribution in [3.63, 3.8) is 0 Å². The largest absolute Gasteiger partial charge is 0.349 e. The lowest BCUT2D eigenvalue weighted by atomic mass is 9.91. The fourth-order valence-corrected chi connectivity index (χ4v) is 4.27. The summed E-state index contributed by atoms with van der Waals surface area (Å²) < 4.78 is 2.35. The van der Waals surface area contributed by atoms with Gasteiger partial charge < -0.3 is 9.88 Å². The van der Waals surface area contributed by atoms with E-state index in [1.165, 1.54) is 22.2 Å². The van der Waals surface area contributed by atoms with Gasteiger partial charge in [0.2, 0.25) is 5.95 Å². The Balaban J connectivity index is 1.68. The molecule has 2 atom stereocenters. The summed E-state index contributed by atoms with van der Waals surface area (Å²) >= 11 is 6.09. The predicted molar refractivity (Wildman–Crippen MR) is 111 cm³/mol. The summed E-state index contributed by atoms with van der Waals surface area (Å²) in [6.45, 7) is 2.19. The smallest absolute Gasteiger partial charge is 0.204 e. The van der Waals surface area contributed by atoms with E-state index >= 15 is 0 Å². The fourth-order valence-electron chi connectivity index (χ4n) is 4.15. The highest BCUT2D eigenvalue weighted by molar-refractivity contribution is 6.30. The zero-order chi connectivity index (χ0) is 18.4. The van der Waals surface area contributed by atoms with Gasteiger partial charge in [-0.2, -0.15) is 0 Å². The monoisotopic (exact) mass is 373 g/mol. The third-order valence-corrected chi connectivity index (χ3v) is 5.74. The molecule has 4 heteroatoms. The molecule has 2 heterocycles. The second-order valence-electron chi connectivity index (χ2n) is 7.15. The van der Waals surface area contributed by atoms with Crippen molar-refractivity contribution in [2.75, 3.05) is 5.32 Å². The summed E-state index contributed by atoms with van der Waals surface area (Å²) in [7, 11) is 0. The van der Waals surface area contributed by atoms with Crippen LogP contribution in [0.1, 0.15) is 35.2 Å². The first-order valence-electron chi connectivity index (χ1n) is 9.25. The van der Waals surface area contributed by atoms with Crippen LogP contribution in [0, 0.1) is 6.92 Å². The van der Waals surface area contributed by atoms with Crippen LogP contribution in [0.4, 0.5) is 5.95 Å². The Morgan fingerprint density at radius 1 is 0.963 bits per heavy atom. The van der Waals surface area contributed by atoms with Crippen LogP contribution in [0.25, 0.3) is 11.0 Å². The van der Waals surface area contributed by atoms with Crippen LogP contribution in [-0.2, 0) is 0 Å². The quantitative estimate of drug-likeness (QED) is 0.457. The molecule has 1 aliphatic heterocycles. The van der Waals surface area contributed by atoms with Gasteiger partial charge in [0.05, 0.1) is 23.1 Å². The molecule has 0 amide bonds. The number of aryl methyl sites for hydroxylation is 1. The van der Waals surface area contributed by atoms with E-state index in [0.29, 0.717) is 0 Å². The standard InChI is InChI=1S/C23H20ClN3/c1-15-6-2-3-7-18(15)22-14-20(16-10-12-17(24)13-11-16)26-23-25-19-8-4-5-9-21(19)27(22)23/h2-13,20,22H,14H2,1H3,(H,25,26)/t20-,22+/m0/s1. The van der Waals surface area contributed by atoms with Gasteiger partial charge in [-0.25, -0.2) is 4.98 Å². The van der Waals surface area contributed by atoms with E-state index in [4.69, 9.17) is 16.6 Å². The summed E-state index contributed by atoms with van der Waals surface area (Å²) in [5, 5.41) is 4.41.